The van der Waals surface area contributed by atoms with E-state index in [2.05, 4.69) is 57.2 Å². The number of fused-ring (bicyclic) bond motifs is 2. The maximum absolute atomic E-state index is 12.4. The van der Waals surface area contributed by atoms with Crippen LogP contribution in [0.5, 0.6) is 5.75 Å². The van der Waals surface area contributed by atoms with E-state index in [1.54, 1.807) is 12.1 Å². The summed E-state index contributed by atoms with van der Waals surface area (Å²) in [6.45, 7) is 4.67. The molecule has 0 spiro atoms. The summed E-state index contributed by atoms with van der Waals surface area (Å²) in [7, 11) is 0. The Morgan fingerprint density at radius 3 is 2.19 bits per heavy atom. The van der Waals surface area contributed by atoms with Gasteiger partial charge in [-0.1, -0.05) is 78.9 Å². The zero-order chi connectivity index (χ0) is 33.0. The molecule has 1 aliphatic rings. The quantitative estimate of drug-likeness (QED) is 0.125. The highest BCUT2D eigenvalue weighted by Crippen LogP contribution is 2.35. The Morgan fingerprint density at radius 1 is 0.708 bits per heavy atom. The molecule has 8 nitrogen and oxygen atoms in total. The second-order valence-electron chi connectivity index (χ2n) is 12.2. The first-order chi connectivity index (χ1) is 23.5. The van der Waals surface area contributed by atoms with Gasteiger partial charge in [0.15, 0.2) is 0 Å². The maximum Gasteiger partial charge on any atom is 0.352 e. The number of para-hydroxylation sites is 1. The molecular formula is C40H37N3O5. The van der Waals surface area contributed by atoms with Gasteiger partial charge in [-0.05, 0) is 65.3 Å². The van der Waals surface area contributed by atoms with Crippen molar-refractivity contribution in [2.24, 2.45) is 0 Å². The Labute approximate surface area is 278 Å². The normalized spacial score (nSPS) is 13.6. The molecule has 48 heavy (non-hydrogen) atoms. The molecule has 5 aromatic carbocycles. The van der Waals surface area contributed by atoms with Gasteiger partial charge in [0.25, 0.3) is 0 Å². The molecule has 0 radical (unpaired) electrons. The SMILES string of the molecule is O=C(O)c1ccc(N2CCN(Cc3ccccc3-c3cccc4c(CCCOc5cccc6ccccc56)c(C(=O)O)[nH]c34)CC2)cc1. The minimum absolute atomic E-state index is 0.229. The van der Waals surface area contributed by atoms with Crippen LogP contribution in [-0.4, -0.2) is 64.8 Å². The van der Waals surface area contributed by atoms with Crippen LogP contribution in [0.1, 0.15) is 38.4 Å². The summed E-state index contributed by atoms with van der Waals surface area (Å²) in [4.78, 5) is 31.7. The molecule has 2 heterocycles. The van der Waals surface area contributed by atoms with Crippen molar-refractivity contribution in [1.29, 1.82) is 0 Å². The van der Waals surface area contributed by atoms with Crippen molar-refractivity contribution in [3.63, 3.8) is 0 Å². The van der Waals surface area contributed by atoms with Crippen LogP contribution < -0.4 is 9.64 Å². The molecule has 0 atom stereocenters. The molecule has 1 saturated heterocycles. The number of benzene rings is 5. The highest BCUT2D eigenvalue weighted by molar-refractivity contribution is 6.03. The first-order valence-electron chi connectivity index (χ1n) is 16.3. The van der Waals surface area contributed by atoms with Crippen LogP contribution in [0.4, 0.5) is 5.69 Å². The van der Waals surface area contributed by atoms with E-state index < -0.39 is 11.9 Å². The van der Waals surface area contributed by atoms with Crippen LogP contribution in [0.25, 0.3) is 32.8 Å². The van der Waals surface area contributed by atoms with Crippen molar-refractivity contribution < 1.29 is 24.5 Å². The maximum atomic E-state index is 12.4. The van der Waals surface area contributed by atoms with Crippen LogP contribution in [0.2, 0.25) is 0 Å². The standard InChI is InChI=1S/C40H37N3O5/c44-39(45)28-17-19-30(20-18-28)43-23-21-42(22-24-43)26-29-9-2-3-11-31(29)33-13-6-14-34-35(38(40(46)47)41-37(33)34)15-7-25-48-36-16-5-10-27-8-1-4-12-32(27)36/h1-6,8-14,16-20,41H,7,15,21-26H2,(H,44,45)(H,46,47). The average molecular weight is 640 g/mol. The van der Waals surface area contributed by atoms with Crippen LogP contribution in [-0.2, 0) is 13.0 Å². The van der Waals surface area contributed by atoms with Crippen LogP contribution in [0.15, 0.2) is 109 Å². The molecule has 0 saturated carbocycles. The van der Waals surface area contributed by atoms with Gasteiger partial charge in [-0.15, -0.1) is 0 Å². The lowest BCUT2D eigenvalue weighted by Gasteiger charge is -2.36. The molecule has 6 aromatic rings. The summed E-state index contributed by atoms with van der Waals surface area (Å²) < 4.78 is 6.17. The van der Waals surface area contributed by atoms with E-state index in [1.807, 2.05) is 54.6 Å². The average Bonchev–Trinajstić information content (AvgIpc) is 3.50. The number of rotatable bonds is 11. The van der Waals surface area contributed by atoms with E-state index in [4.69, 9.17) is 4.74 Å². The van der Waals surface area contributed by atoms with E-state index in [0.29, 0.717) is 25.0 Å². The largest absolute Gasteiger partial charge is 0.493 e. The van der Waals surface area contributed by atoms with Crippen molar-refractivity contribution in [1.82, 2.24) is 9.88 Å². The molecule has 0 aliphatic carbocycles. The summed E-state index contributed by atoms with van der Waals surface area (Å²) >= 11 is 0. The number of anilines is 1. The number of carboxylic acid groups (broad SMARTS) is 2. The highest BCUT2D eigenvalue weighted by atomic mass is 16.5. The predicted molar refractivity (Wildman–Crippen MR) is 189 cm³/mol. The monoisotopic (exact) mass is 639 g/mol. The minimum Gasteiger partial charge on any atom is -0.493 e. The van der Waals surface area contributed by atoms with Gasteiger partial charge in [-0.3, -0.25) is 4.90 Å². The second-order valence-corrected chi connectivity index (χ2v) is 12.2. The number of carbonyl (C=O) groups is 2. The Hall–Kier alpha value is -5.60. The summed E-state index contributed by atoms with van der Waals surface area (Å²) in [5.74, 6) is -1.05. The highest BCUT2D eigenvalue weighted by Gasteiger charge is 2.22. The second kappa shape index (κ2) is 13.6. The molecule has 1 aliphatic heterocycles. The predicted octanol–water partition coefficient (Wildman–Crippen LogP) is 7.72. The Kier molecular flexibility index (Phi) is 8.81. The zero-order valence-corrected chi connectivity index (χ0v) is 26.6. The third-order valence-electron chi connectivity index (χ3n) is 9.29. The summed E-state index contributed by atoms with van der Waals surface area (Å²) in [5.41, 5.74) is 6.43. The molecule has 3 N–H and O–H groups in total. The number of carboxylic acids is 2. The van der Waals surface area contributed by atoms with Gasteiger partial charge in [0.2, 0.25) is 0 Å². The van der Waals surface area contributed by atoms with E-state index in [0.717, 1.165) is 82.5 Å². The number of aromatic nitrogens is 1. The minimum atomic E-state index is -0.967. The van der Waals surface area contributed by atoms with Crippen LogP contribution >= 0.6 is 0 Å². The summed E-state index contributed by atoms with van der Waals surface area (Å²) in [6, 6.07) is 35.7. The molecule has 0 amide bonds. The van der Waals surface area contributed by atoms with Gasteiger partial charge in [0, 0.05) is 54.7 Å². The van der Waals surface area contributed by atoms with E-state index >= 15 is 0 Å². The molecule has 0 bridgehead atoms. The molecule has 1 fully saturated rings. The number of nitrogens with one attached hydrogen (secondary N) is 1. The van der Waals surface area contributed by atoms with Crippen LogP contribution in [0.3, 0.4) is 0 Å². The topological polar surface area (TPSA) is 106 Å². The number of ether oxygens (including phenoxy) is 1. The lowest BCUT2D eigenvalue weighted by Crippen LogP contribution is -2.46. The lowest BCUT2D eigenvalue weighted by atomic mass is 9.96. The van der Waals surface area contributed by atoms with Crippen molar-refractivity contribution in [2.45, 2.75) is 19.4 Å². The van der Waals surface area contributed by atoms with Gasteiger partial charge in [-0.2, -0.15) is 0 Å². The Bertz CT molecular complexity index is 2090. The van der Waals surface area contributed by atoms with Gasteiger partial charge >= 0.3 is 11.9 Å². The molecule has 1 aromatic heterocycles. The fraction of sp³-hybridized carbons (Fsp3) is 0.200. The number of hydrogen-bond donors (Lipinski definition) is 3. The molecule has 8 heteroatoms. The van der Waals surface area contributed by atoms with E-state index in [1.165, 1.54) is 5.56 Å². The fourth-order valence-electron chi connectivity index (χ4n) is 6.83. The van der Waals surface area contributed by atoms with Crippen molar-refractivity contribution in [3.05, 3.63) is 132 Å². The first kappa shape index (κ1) is 31.0. The van der Waals surface area contributed by atoms with E-state index in [9.17, 15) is 19.8 Å². The van der Waals surface area contributed by atoms with Crippen LogP contribution in [0, 0.1) is 0 Å². The van der Waals surface area contributed by atoms with Crippen molar-refractivity contribution in [2.75, 3.05) is 37.7 Å². The first-order valence-corrected chi connectivity index (χ1v) is 16.3. The molecule has 242 valence electrons. The number of aromatic amines is 1. The number of aryl methyl sites for hydroxylation is 1. The van der Waals surface area contributed by atoms with Crippen molar-refractivity contribution >= 4 is 39.3 Å². The van der Waals surface area contributed by atoms with Crippen molar-refractivity contribution in [3.8, 4) is 16.9 Å². The Morgan fingerprint density at radius 2 is 1.40 bits per heavy atom. The Balaban J connectivity index is 1.07. The molecular weight excluding hydrogens is 602 g/mol. The number of hydrogen-bond acceptors (Lipinski definition) is 5. The number of H-pyrrole nitrogens is 1. The number of piperazine rings is 1. The third kappa shape index (κ3) is 6.35. The molecule has 0 unspecified atom stereocenters. The number of nitrogens with zero attached hydrogens (tertiary/aromatic N) is 2. The zero-order valence-electron chi connectivity index (χ0n) is 26.6. The molecule has 7 rings (SSSR count). The summed E-state index contributed by atoms with van der Waals surface area (Å²) in [6.07, 6.45) is 1.24. The smallest absolute Gasteiger partial charge is 0.352 e. The van der Waals surface area contributed by atoms with E-state index in [-0.39, 0.29) is 5.69 Å². The third-order valence-corrected chi connectivity index (χ3v) is 9.29. The van der Waals surface area contributed by atoms with Gasteiger partial charge in [0.05, 0.1) is 17.7 Å². The van der Waals surface area contributed by atoms with Gasteiger partial charge in [0.1, 0.15) is 11.4 Å². The number of aromatic carboxylic acids is 2. The summed E-state index contributed by atoms with van der Waals surface area (Å²) in [5, 5.41) is 22.5. The van der Waals surface area contributed by atoms with Gasteiger partial charge in [-0.25, -0.2) is 9.59 Å². The lowest BCUT2D eigenvalue weighted by molar-refractivity contribution is 0.0682. The fourth-order valence-corrected chi connectivity index (χ4v) is 6.83. The van der Waals surface area contributed by atoms with Gasteiger partial charge < -0.3 is 24.8 Å².